The van der Waals surface area contributed by atoms with Crippen molar-refractivity contribution in [3.05, 3.63) is 100 Å². The van der Waals surface area contributed by atoms with Crippen molar-refractivity contribution in [1.29, 1.82) is 0 Å². The van der Waals surface area contributed by atoms with E-state index >= 15 is 0 Å². The third kappa shape index (κ3) is 4.20. The number of ether oxygens (including phenoxy) is 1. The van der Waals surface area contributed by atoms with Gasteiger partial charge in [0, 0.05) is 17.5 Å². The monoisotopic (exact) mass is 403 g/mol. The highest BCUT2D eigenvalue weighted by Gasteiger charge is 2.28. The molecule has 0 aliphatic heterocycles. The summed E-state index contributed by atoms with van der Waals surface area (Å²) in [6.07, 6.45) is 3.34. The molecule has 0 saturated carbocycles. The fraction of sp³-hybridized carbons (Fsp3) is 0.160. The maximum absolute atomic E-state index is 12.2. The van der Waals surface area contributed by atoms with Gasteiger partial charge in [-0.3, -0.25) is 0 Å². The number of amides is 1. The van der Waals surface area contributed by atoms with Gasteiger partial charge in [-0.25, -0.2) is 4.79 Å². The van der Waals surface area contributed by atoms with Gasteiger partial charge in [0.1, 0.15) is 6.61 Å². The first kappa shape index (κ1) is 19.3. The molecule has 0 unspecified atom stereocenters. The van der Waals surface area contributed by atoms with Crippen LogP contribution in [-0.2, 0) is 4.74 Å². The summed E-state index contributed by atoms with van der Waals surface area (Å²) >= 11 is 6.18. The molecule has 1 N–H and O–H groups in total. The number of halogens is 1. The average Bonchev–Trinajstić information content (AvgIpc) is 3.06. The van der Waals surface area contributed by atoms with Gasteiger partial charge in [0.2, 0.25) is 0 Å². The number of rotatable bonds is 5. The van der Waals surface area contributed by atoms with Crippen molar-refractivity contribution < 1.29 is 9.53 Å². The molecule has 29 heavy (non-hydrogen) atoms. The Labute approximate surface area is 176 Å². The fourth-order valence-corrected chi connectivity index (χ4v) is 3.95. The van der Waals surface area contributed by atoms with Gasteiger partial charge >= 0.3 is 6.09 Å². The van der Waals surface area contributed by atoms with Crippen molar-refractivity contribution in [2.75, 3.05) is 13.2 Å². The summed E-state index contributed by atoms with van der Waals surface area (Å²) in [6, 6.07) is 22.4. The van der Waals surface area contributed by atoms with Gasteiger partial charge in [-0.1, -0.05) is 90.0 Å². The first-order chi connectivity index (χ1) is 14.1. The third-order valence-corrected chi connectivity index (χ3v) is 5.50. The van der Waals surface area contributed by atoms with Crippen LogP contribution in [0.5, 0.6) is 0 Å². The van der Waals surface area contributed by atoms with E-state index in [-0.39, 0.29) is 5.92 Å². The largest absolute Gasteiger partial charge is 0.449 e. The normalized spacial score (nSPS) is 12.6. The predicted molar refractivity (Wildman–Crippen MR) is 118 cm³/mol. The molecule has 0 aromatic heterocycles. The Hall–Kier alpha value is -3.04. The summed E-state index contributed by atoms with van der Waals surface area (Å²) in [5.74, 6) is 0.0646. The second kappa shape index (κ2) is 8.54. The zero-order valence-corrected chi connectivity index (χ0v) is 16.9. The van der Waals surface area contributed by atoms with Crippen LogP contribution in [0.1, 0.15) is 28.2 Å². The molecular weight excluding hydrogens is 382 g/mol. The van der Waals surface area contributed by atoms with E-state index in [2.05, 4.69) is 29.6 Å². The van der Waals surface area contributed by atoms with Gasteiger partial charge < -0.3 is 10.1 Å². The molecule has 0 saturated heterocycles. The smallest absolute Gasteiger partial charge is 0.407 e. The summed E-state index contributed by atoms with van der Waals surface area (Å²) in [7, 11) is 0. The van der Waals surface area contributed by atoms with Crippen LogP contribution in [0, 0.1) is 6.92 Å². The molecule has 0 spiro atoms. The molecule has 3 aromatic rings. The molecule has 4 heteroatoms. The van der Waals surface area contributed by atoms with E-state index in [0.29, 0.717) is 18.2 Å². The van der Waals surface area contributed by atoms with Gasteiger partial charge in [0.25, 0.3) is 0 Å². The second-order valence-corrected chi connectivity index (χ2v) is 7.54. The second-order valence-electron chi connectivity index (χ2n) is 7.13. The van der Waals surface area contributed by atoms with Crippen molar-refractivity contribution in [3.63, 3.8) is 0 Å². The van der Waals surface area contributed by atoms with Crippen molar-refractivity contribution >= 4 is 23.8 Å². The Kier molecular flexibility index (Phi) is 5.68. The number of hydrogen-bond acceptors (Lipinski definition) is 2. The summed E-state index contributed by atoms with van der Waals surface area (Å²) in [4.78, 5) is 12.2. The quantitative estimate of drug-likeness (QED) is 0.550. The van der Waals surface area contributed by atoms with Gasteiger partial charge in [0.15, 0.2) is 0 Å². The van der Waals surface area contributed by atoms with Crippen LogP contribution in [-0.4, -0.2) is 19.2 Å². The van der Waals surface area contributed by atoms with Gasteiger partial charge in [-0.15, -0.1) is 0 Å². The van der Waals surface area contributed by atoms with Crippen LogP contribution in [0.3, 0.4) is 0 Å². The first-order valence-corrected chi connectivity index (χ1v) is 10.0. The summed E-state index contributed by atoms with van der Waals surface area (Å²) in [5, 5.41) is 3.46. The van der Waals surface area contributed by atoms with Crippen molar-refractivity contribution in [1.82, 2.24) is 5.32 Å². The highest BCUT2D eigenvalue weighted by atomic mass is 35.5. The summed E-state index contributed by atoms with van der Waals surface area (Å²) in [5.41, 5.74) is 6.91. The number of alkyl carbamates (subject to hydrolysis) is 1. The Morgan fingerprint density at radius 1 is 1.03 bits per heavy atom. The van der Waals surface area contributed by atoms with E-state index in [1.807, 2.05) is 61.5 Å². The molecule has 0 atom stereocenters. The number of carbonyl (C=O) groups excluding carboxylic acids is 1. The number of carbonyl (C=O) groups is 1. The van der Waals surface area contributed by atoms with E-state index in [1.165, 1.54) is 22.3 Å². The highest BCUT2D eigenvalue weighted by Crippen LogP contribution is 2.44. The van der Waals surface area contributed by atoms with E-state index in [0.717, 1.165) is 11.1 Å². The Balaban J connectivity index is 1.34. The lowest BCUT2D eigenvalue weighted by atomic mass is 9.98. The molecule has 1 aliphatic rings. The molecule has 0 fully saturated rings. The lowest BCUT2D eigenvalue weighted by Gasteiger charge is -2.14. The van der Waals surface area contributed by atoms with Crippen LogP contribution in [0.15, 0.2) is 72.8 Å². The molecule has 0 heterocycles. The van der Waals surface area contributed by atoms with Crippen LogP contribution < -0.4 is 5.32 Å². The SMILES string of the molecule is Cc1ccc(Cl)c(C=CCNC(=O)OCC2c3ccccc3-c3ccccc32)c1. The lowest BCUT2D eigenvalue weighted by Crippen LogP contribution is -2.26. The van der Waals surface area contributed by atoms with E-state index in [4.69, 9.17) is 16.3 Å². The summed E-state index contributed by atoms with van der Waals surface area (Å²) in [6.45, 7) is 2.71. The van der Waals surface area contributed by atoms with E-state index < -0.39 is 6.09 Å². The minimum absolute atomic E-state index is 0.0646. The molecule has 146 valence electrons. The zero-order chi connectivity index (χ0) is 20.2. The van der Waals surface area contributed by atoms with Crippen LogP contribution in [0.4, 0.5) is 4.79 Å². The topological polar surface area (TPSA) is 38.3 Å². The van der Waals surface area contributed by atoms with Crippen LogP contribution in [0.25, 0.3) is 17.2 Å². The molecule has 4 rings (SSSR count). The van der Waals surface area contributed by atoms with Crippen molar-refractivity contribution in [3.8, 4) is 11.1 Å². The molecule has 3 nitrogen and oxygen atoms in total. The van der Waals surface area contributed by atoms with Crippen molar-refractivity contribution in [2.45, 2.75) is 12.8 Å². The number of aryl methyl sites for hydroxylation is 1. The molecule has 1 aliphatic carbocycles. The number of nitrogens with one attached hydrogen (secondary N) is 1. The average molecular weight is 404 g/mol. The van der Waals surface area contributed by atoms with Crippen LogP contribution >= 0.6 is 11.6 Å². The Bertz CT molecular complexity index is 1030. The number of benzene rings is 3. The van der Waals surface area contributed by atoms with Gasteiger partial charge in [-0.2, -0.15) is 0 Å². The summed E-state index contributed by atoms with van der Waals surface area (Å²) < 4.78 is 5.52. The minimum atomic E-state index is -0.424. The third-order valence-electron chi connectivity index (χ3n) is 5.16. The Morgan fingerprint density at radius 2 is 1.69 bits per heavy atom. The molecule has 0 radical (unpaired) electrons. The van der Waals surface area contributed by atoms with E-state index in [9.17, 15) is 4.79 Å². The first-order valence-electron chi connectivity index (χ1n) is 9.65. The minimum Gasteiger partial charge on any atom is -0.449 e. The standard InChI is InChI=1S/C25H22ClNO2/c1-17-12-13-24(26)18(15-17)7-6-14-27-25(28)29-16-23-21-10-4-2-8-19(21)20-9-3-5-11-22(20)23/h2-13,15,23H,14,16H2,1H3,(H,27,28). The van der Waals surface area contributed by atoms with Crippen molar-refractivity contribution in [2.24, 2.45) is 0 Å². The molecule has 1 amide bonds. The zero-order valence-electron chi connectivity index (χ0n) is 16.2. The molecule has 0 bridgehead atoms. The van der Waals surface area contributed by atoms with Gasteiger partial charge in [0.05, 0.1) is 0 Å². The van der Waals surface area contributed by atoms with Gasteiger partial charge in [-0.05, 0) is 40.8 Å². The van der Waals surface area contributed by atoms with Crippen LogP contribution in [0.2, 0.25) is 5.02 Å². The lowest BCUT2D eigenvalue weighted by molar-refractivity contribution is 0.144. The number of hydrogen-bond donors (Lipinski definition) is 1. The fourth-order valence-electron chi connectivity index (χ4n) is 3.77. The molecule has 3 aromatic carbocycles. The Morgan fingerprint density at radius 3 is 2.38 bits per heavy atom. The predicted octanol–water partition coefficient (Wildman–Crippen LogP) is 6.20. The number of fused-ring (bicyclic) bond motifs is 3. The van der Waals surface area contributed by atoms with E-state index in [1.54, 1.807) is 0 Å². The maximum atomic E-state index is 12.2. The maximum Gasteiger partial charge on any atom is 0.407 e. The molecular formula is C25H22ClNO2. The highest BCUT2D eigenvalue weighted by molar-refractivity contribution is 6.32.